The maximum atomic E-state index is 6.20. The monoisotopic (exact) mass is 275 g/mol. The van der Waals surface area contributed by atoms with Crippen LogP contribution in [0.3, 0.4) is 0 Å². The van der Waals surface area contributed by atoms with Crippen LogP contribution < -0.4 is 10.1 Å². The van der Waals surface area contributed by atoms with Crippen LogP contribution in [0.2, 0.25) is 5.02 Å². The summed E-state index contributed by atoms with van der Waals surface area (Å²) in [4.78, 5) is 0. The molecule has 0 saturated carbocycles. The predicted molar refractivity (Wildman–Crippen MR) is 81.1 cm³/mol. The van der Waals surface area contributed by atoms with Crippen molar-refractivity contribution < 1.29 is 4.74 Å². The van der Waals surface area contributed by atoms with Crippen LogP contribution in [0.4, 0.5) is 5.69 Å². The highest BCUT2D eigenvalue weighted by Gasteiger charge is 2.00. The molecule has 0 aliphatic rings. The molecule has 0 unspecified atom stereocenters. The van der Waals surface area contributed by atoms with Crippen LogP contribution in [0.5, 0.6) is 5.75 Å². The van der Waals surface area contributed by atoms with Gasteiger partial charge in [-0.05, 0) is 55.3 Å². The molecule has 0 spiro atoms. The summed E-state index contributed by atoms with van der Waals surface area (Å²) in [5, 5.41) is 4.15. The molecule has 0 fully saturated rings. The largest absolute Gasteiger partial charge is 0.494 e. The molecule has 0 saturated heterocycles. The van der Waals surface area contributed by atoms with E-state index < -0.39 is 0 Å². The van der Waals surface area contributed by atoms with E-state index in [4.69, 9.17) is 16.3 Å². The van der Waals surface area contributed by atoms with E-state index in [9.17, 15) is 0 Å². The van der Waals surface area contributed by atoms with Crippen molar-refractivity contribution in [3.8, 4) is 5.75 Å². The Morgan fingerprint density at radius 2 is 1.84 bits per heavy atom. The summed E-state index contributed by atoms with van der Waals surface area (Å²) in [6, 6.07) is 14.0. The highest BCUT2D eigenvalue weighted by atomic mass is 35.5. The molecule has 19 heavy (non-hydrogen) atoms. The van der Waals surface area contributed by atoms with Gasteiger partial charge in [-0.15, -0.1) is 0 Å². The van der Waals surface area contributed by atoms with Gasteiger partial charge in [-0.2, -0.15) is 0 Å². The lowest BCUT2D eigenvalue weighted by atomic mass is 10.1. The average Bonchev–Trinajstić information content (AvgIpc) is 2.40. The Hall–Kier alpha value is -1.67. The Labute approximate surface area is 119 Å². The minimum atomic E-state index is 0.686. The van der Waals surface area contributed by atoms with Gasteiger partial charge in [0.25, 0.3) is 0 Å². The third kappa shape index (κ3) is 3.90. The van der Waals surface area contributed by atoms with Crippen LogP contribution in [-0.2, 0) is 6.54 Å². The van der Waals surface area contributed by atoms with Crippen molar-refractivity contribution in [2.75, 3.05) is 11.9 Å². The van der Waals surface area contributed by atoms with E-state index in [1.807, 2.05) is 44.2 Å². The molecule has 100 valence electrons. The second-order valence-corrected chi connectivity index (χ2v) is 4.81. The van der Waals surface area contributed by atoms with E-state index in [0.29, 0.717) is 13.2 Å². The molecule has 0 bridgehead atoms. The van der Waals surface area contributed by atoms with Gasteiger partial charge in [-0.3, -0.25) is 0 Å². The fourth-order valence-corrected chi connectivity index (χ4v) is 2.13. The van der Waals surface area contributed by atoms with Gasteiger partial charge < -0.3 is 10.1 Å². The Balaban J connectivity index is 1.98. The molecule has 2 rings (SSSR count). The molecule has 2 aromatic carbocycles. The molecule has 0 aromatic heterocycles. The van der Waals surface area contributed by atoms with E-state index in [0.717, 1.165) is 22.0 Å². The van der Waals surface area contributed by atoms with Crippen LogP contribution >= 0.6 is 11.6 Å². The van der Waals surface area contributed by atoms with E-state index in [1.165, 1.54) is 5.56 Å². The van der Waals surface area contributed by atoms with Crippen molar-refractivity contribution in [2.24, 2.45) is 0 Å². The lowest BCUT2D eigenvalue weighted by Gasteiger charge is -2.09. The van der Waals surface area contributed by atoms with Crippen molar-refractivity contribution in [3.63, 3.8) is 0 Å². The van der Waals surface area contributed by atoms with E-state index in [-0.39, 0.29) is 0 Å². The van der Waals surface area contributed by atoms with Gasteiger partial charge in [-0.1, -0.05) is 23.7 Å². The minimum absolute atomic E-state index is 0.686. The molecule has 3 heteroatoms. The number of hydrogen-bond acceptors (Lipinski definition) is 2. The number of benzene rings is 2. The van der Waals surface area contributed by atoms with Gasteiger partial charge in [0.1, 0.15) is 5.75 Å². The zero-order valence-electron chi connectivity index (χ0n) is 11.2. The molecule has 0 heterocycles. The van der Waals surface area contributed by atoms with Crippen molar-refractivity contribution in [1.29, 1.82) is 0 Å². The number of halogens is 1. The highest BCUT2D eigenvalue weighted by molar-refractivity contribution is 6.31. The summed E-state index contributed by atoms with van der Waals surface area (Å²) in [6.45, 7) is 5.42. The second-order valence-electron chi connectivity index (χ2n) is 4.41. The number of anilines is 1. The summed E-state index contributed by atoms with van der Waals surface area (Å²) in [5.74, 6) is 0.890. The van der Waals surface area contributed by atoms with E-state index in [2.05, 4.69) is 17.4 Å². The Kier molecular flexibility index (Phi) is 4.69. The third-order valence-corrected chi connectivity index (χ3v) is 3.21. The number of nitrogens with one attached hydrogen (secondary N) is 1. The molecule has 2 nitrogen and oxygen atoms in total. The van der Waals surface area contributed by atoms with Crippen molar-refractivity contribution in [2.45, 2.75) is 20.4 Å². The lowest BCUT2D eigenvalue weighted by molar-refractivity contribution is 0.340. The fourth-order valence-electron chi connectivity index (χ4n) is 1.83. The zero-order chi connectivity index (χ0) is 13.7. The summed E-state index contributed by atoms with van der Waals surface area (Å²) >= 11 is 6.20. The highest BCUT2D eigenvalue weighted by Crippen LogP contribution is 2.20. The van der Waals surface area contributed by atoms with Crippen LogP contribution in [-0.4, -0.2) is 6.61 Å². The quantitative estimate of drug-likeness (QED) is 0.857. The first-order valence-electron chi connectivity index (χ1n) is 6.41. The molecule has 0 aliphatic carbocycles. The predicted octanol–water partition coefficient (Wildman–Crippen LogP) is 4.66. The smallest absolute Gasteiger partial charge is 0.119 e. The molecular formula is C16H18ClNO. The normalized spacial score (nSPS) is 10.3. The molecule has 2 aromatic rings. The molecule has 0 radical (unpaired) electrons. The Morgan fingerprint density at radius 1 is 1.11 bits per heavy atom. The molecule has 1 N–H and O–H groups in total. The standard InChI is InChI=1S/C16H18ClNO/c1-3-19-15-8-6-14(7-9-15)18-11-13-5-4-12(2)10-16(13)17/h4-10,18H,3,11H2,1-2H3. The number of rotatable bonds is 5. The maximum Gasteiger partial charge on any atom is 0.119 e. The van der Waals surface area contributed by atoms with Gasteiger partial charge in [0.15, 0.2) is 0 Å². The summed E-state index contributed by atoms with van der Waals surface area (Å²) in [6.07, 6.45) is 0. The van der Waals surface area contributed by atoms with Gasteiger partial charge in [-0.25, -0.2) is 0 Å². The third-order valence-electron chi connectivity index (χ3n) is 2.86. The summed E-state index contributed by atoms with van der Waals surface area (Å²) < 4.78 is 5.41. The SMILES string of the molecule is CCOc1ccc(NCc2ccc(C)cc2Cl)cc1. The van der Waals surface area contributed by atoms with Crippen LogP contribution in [0.15, 0.2) is 42.5 Å². The van der Waals surface area contributed by atoms with Gasteiger partial charge >= 0.3 is 0 Å². The maximum absolute atomic E-state index is 6.20. The topological polar surface area (TPSA) is 21.3 Å². The lowest BCUT2D eigenvalue weighted by Crippen LogP contribution is -2.00. The summed E-state index contributed by atoms with van der Waals surface area (Å²) in [5.41, 5.74) is 3.33. The average molecular weight is 276 g/mol. The molecule has 0 amide bonds. The van der Waals surface area contributed by atoms with E-state index >= 15 is 0 Å². The molecule has 0 atom stereocenters. The first kappa shape index (κ1) is 13.8. The molecule has 0 aliphatic heterocycles. The van der Waals surface area contributed by atoms with Crippen LogP contribution in [0.1, 0.15) is 18.1 Å². The van der Waals surface area contributed by atoms with E-state index in [1.54, 1.807) is 0 Å². The first-order valence-corrected chi connectivity index (χ1v) is 6.78. The first-order chi connectivity index (χ1) is 9.19. The number of ether oxygens (including phenoxy) is 1. The van der Waals surface area contributed by atoms with Crippen LogP contribution in [0.25, 0.3) is 0 Å². The zero-order valence-corrected chi connectivity index (χ0v) is 12.0. The minimum Gasteiger partial charge on any atom is -0.494 e. The second kappa shape index (κ2) is 6.48. The van der Waals surface area contributed by atoms with Gasteiger partial charge in [0.05, 0.1) is 6.61 Å². The number of hydrogen-bond donors (Lipinski definition) is 1. The van der Waals surface area contributed by atoms with Gasteiger partial charge in [0.2, 0.25) is 0 Å². The Morgan fingerprint density at radius 3 is 2.47 bits per heavy atom. The van der Waals surface area contributed by atoms with Crippen LogP contribution in [0, 0.1) is 6.92 Å². The fraction of sp³-hybridized carbons (Fsp3) is 0.250. The van der Waals surface area contributed by atoms with Crippen molar-refractivity contribution in [3.05, 3.63) is 58.6 Å². The van der Waals surface area contributed by atoms with Gasteiger partial charge in [0, 0.05) is 17.3 Å². The number of aryl methyl sites for hydroxylation is 1. The van der Waals surface area contributed by atoms with Crippen molar-refractivity contribution in [1.82, 2.24) is 0 Å². The molecular weight excluding hydrogens is 258 g/mol. The van der Waals surface area contributed by atoms with Crippen molar-refractivity contribution >= 4 is 17.3 Å². The summed E-state index contributed by atoms with van der Waals surface area (Å²) in [7, 11) is 0. The Bertz CT molecular complexity index is 537.